The Morgan fingerprint density at radius 1 is 0.976 bits per heavy atom. The first-order valence-electron chi connectivity index (χ1n) is 13.9. The van der Waals surface area contributed by atoms with Gasteiger partial charge >= 0.3 is 5.97 Å². The van der Waals surface area contributed by atoms with Crippen LogP contribution >= 0.6 is 0 Å². The maximum absolute atomic E-state index is 13.3. The predicted molar refractivity (Wildman–Crippen MR) is 159 cm³/mol. The van der Waals surface area contributed by atoms with Gasteiger partial charge in [0.25, 0.3) is 0 Å². The van der Waals surface area contributed by atoms with Crippen LogP contribution in [-0.4, -0.2) is 38.4 Å². The lowest BCUT2D eigenvalue weighted by molar-refractivity contribution is -0.126. The third-order valence-electron chi connectivity index (χ3n) is 7.99. The minimum absolute atomic E-state index is 0.0729. The molecule has 42 heavy (non-hydrogen) atoms. The third kappa shape index (κ3) is 6.39. The monoisotopic (exact) mass is 591 g/mol. The van der Waals surface area contributed by atoms with E-state index in [1.807, 2.05) is 26.0 Å². The lowest BCUT2D eigenvalue weighted by Crippen LogP contribution is -2.41. The summed E-state index contributed by atoms with van der Waals surface area (Å²) in [5, 5.41) is 3.86. The van der Waals surface area contributed by atoms with Crippen molar-refractivity contribution >= 4 is 32.8 Å². The number of aromatic nitrogens is 1. The van der Waals surface area contributed by atoms with E-state index in [1.54, 1.807) is 42.5 Å². The first kappa shape index (κ1) is 29.5. The van der Waals surface area contributed by atoms with Crippen LogP contribution in [0.15, 0.2) is 71.6 Å². The number of fused-ring (bicyclic) bond motifs is 1. The molecule has 0 bridgehead atoms. The second kappa shape index (κ2) is 12.1. The number of aromatic amines is 1. The van der Waals surface area contributed by atoms with Gasteiger partial charge in [-0.25, -0.2) is 22.3 Å². The first-order chi connectivity index (χ1) is 20.0. The molecule has 1 atom stereocenters. The average Bonchev–Trinajstić information content (AvgIpc) is 3.40. The highest BCUT2D eigenvalue weighted by Crippen LogP contribution is 2.30. The van der Waals surface area contributed by atoms with Crippen LogP contribution in [0.1, 0.15) is 60.1 Å². The van der Waals surface area contributed by atoms with Crippen molar-refractivity contribution in [2.45, 2.75) is 56.5 Å². The number of rotatable bonds is 8. The van der Waals surface area contributed by atoms with E-state index in [-0.39, 0.29) is 34.6 Å². The van der Waals surface area contributed by atoms with E-state index < -0.39 is 16.0 Å². The van der Waals surface area contributed by atoms with Gasteiger partial charge in [0, 0.05) is 34.1 Å². The van der Waals surface area contributed by atoms with Crippen molar-refractivity contribution in [3.05, 3.63) is 89.2 Å². The number of esters is 1. The summed E-state index contributed by atoms with van der Waals surface area (Å²) >= 11 is 0. The summed E-state index contributed by atoms with van der Waals surface area (Å²) in [6.07, 6.45) is 2.25. The molecule has 1 amide bonds. The largest absolute Gasteiger partial charge is 0.465 e. The highest BCUT2D eigenvalue weighted by Gasteiger charge is 2.30. The molecule has 3 aromatic carbocycles. The molecular formula is C32H34FN3O5S. The quantitative estimate of drug-likeness (QED) is 0.225. The minimum Gasteiger partial charge on any atom is -0.465 e. The molecule has 8 nitrogen and oxygen atoms in total. The van der Waals surface area contributed by atoms with Gasteiger partial charge in [-0.3, -0.25) is 4.79 Å². The standard InChI is InChI=1S/C32H34FN3O5S/c1-19-16-24(32(38)41-3)9-15-28(19)30-17-23-8-14-27(18-29(23)35-30)42(39,40)36-26-12-6-22(7-13-26)31(37)34-20(2)21-4-10-25(33)11-5-21/h4-5,8-11,14-18,20,22,26,35-36H,6-7,12-13H2,1-3H3,(H,34,37)/t20-,22?,26?/m1/s1. The molecule has 3 N–H and O–H groups in total. The second-order valence-electron chi connectivity index (χ2n) is 10.9. The van der Waals surface area contributed by atoms with E-state index in [9.17, 15) is 22.4 Å². The van der Waals surface area contributed by atoms with Gasteiger partial charge in [0.15, 0.2) is 0 Å². The van der Waals surface area contributed by atoms with E-state index in [0.29, 0.717) is 36.8 Å². The van der Waals surface area contributed by atoms with E-state index >= 15 is 0 Å². The SMILES string of the molecule is COC(=O)c1ccc(-c2cc3ccc(S(=O)(=O)NC4CCC(C(=O)N[C@H](C)c5ccc(F)cc5)CC4)cc3[nH]2)c(C)c1. The molecule has 1 saturated carbocycles. The first-order valence-corrected chi connectivity index (χ1v) is 15.4. The molecule has 0 spiro atoms. The van der Waals surface area contributed by atoms with Crippen LogP contribution in [0.25, 0.3) is 22.2 Å². The molecular weight excluding hydrogens is 557 g/mol. The van der Waals surface area contributed by atoms with Gasteiger partial charge in [-0.05, 0) is 93.1 Å². The molecule has 1 aliphatic rings. The summed E-state index contributed by atoms with van der Waals surface area (Å²) in [4.78, 5) is 28.1. The number of ether oxygens (including phenoxy) is 1. The summed E-state index contributed by atoms with van der Waals surface area (Å²) < 4.78 is 47.4. The fourth-order valence-corrected chi connectivity index (χ4v) is 6.89. The fourth-order valence-electron chi connectivity index (χ4n) is 5.56. The zero-order chi connectivity index (χ0) is 30.0. The minimum atomic E-state index is -3.78. The van der Waals surface area contributed by atoms with Crippen molar-refractivity contribution in [1.82, 2.24) is 15.0 Å². The number of carbonyl (C=O) groups excluding carboxylic acids is 2. The molecule has 1 aliphatic carbocycles. The number of hydrogen-bond donors (Lipinski definition) is 3. The van der Waals surface area contributed by atoms with Gasteiger partial charge in [0.2, 0.25) is 15.9 Å². The molecule has 5 rings (SSSR count). The van der Waals surface area contributed by atoms with Crippen LogP contribution in [0, 0.1) is 18.7 Å². The highest BCUT2D eigenvalue weighted by molar-refractivity contribution is 7.89. The highest BCUT2D eigenvalue weighted by atomic mass is 32.2. The maximum atomic E-state index is 13.3. The summed E-state index contributed by atoms with van der Waals surface area (Å²) in [6.45, 7) is 3.76. The molecule has 1 fully saturated rings. The molecule has 1 aromatic heterocycles. The molecule has 0 radical (unpaired) electrons. The van der Waals surface area contributed by atoms with Crippen LogP contribution < -0.4 is 10.0 Å². The van der Waals surface area contributed by atoms with Crippen LogP contribution in [0.2, 0.25) is 0 Å². The number of methoxy groups -OCH3 is 1. The lowest BCUT2D eigenvalue weighted by Gasteiger charge is -2.29. The number of aryl methyl sites for hydroxylation is 1. The summed E-state index contributed by atoms with van der Waals surface area (Å²) in [6, 6.07) is 17.8. The number of amides is 1. The molecule has 10 heteroatoms. The van der Waals surface area contributed by atoms with Crippen molar-refractivity contribution in [2.75, 3.05) is 7.11 Å². The second-order valence-corrected chi connectivity index (χ2v) is 12.6. The molecule has 0 saturated heterocycles. The number of sulfonamides is 1. The van der Waals surface area contributed by atoms with Crippen LogP contribution in [0.3, 0.4) is 0 Å². The van der Waals surface area contributed by atoms with Crippen molar-refractivity contribution in [3.8, 4) is 11.3 Å². The van der Waals surface area contributed by atoms with E-state index in [4.69, 9.17) is 4.74 Å². The molecule has 220 valence electrons. The van der Waals surface area contributed by atoms with Gasteiger partial charge < -0.3 is 15.0 Å². The number of carbonyl (C=O) groups is 2. The van der Waals surface area contributed by atoms with E-state index in [0.717, 1.165) is 27.8 Å². The van der Waals surface area contributed by atoms with Crippen LogP contribution in [0.5, 0.6) is 0 Å². The predicted octanol–water partition coefficient (Wildman–Crippen LogP) is 5.78. The molecule has 1 heterocycles. The number of nitrogens with one attached hydrogen (secondary N) is 3. The third-order valence-corrected chi connectivity index (χ3v) is 9.51. The zero-order valence-corrected chi connectivity index (χ0v) is 24.6. The Morgan fingerprint density at radius 3 is 2.36 bits per heavy atom. The van der Waals surface area contributed by atoms with Crippen molar-refractivity contribution in [2.24, 2.45) is 5.92 Å². The summed E-state index contributed by atoms with van der Waals surface area (Å²) in [5.41, 5.74) is 4.56. The van der Waals surface area contributed by atoms with Gasteiger partial charge in [0.1, 0.15) is 5.82 Å². The lowest BCUT2D eigenvalue weighted by atomic mass is 9.85. The molecule has 0 aliphatic heterocycles. The number of benzene rings is 3. The van der Waals surface area contributed by atoms with Crippen molar-refractivity contribution in [3.63, 3.8) is 0 Å². The summed E-state index contributed by atoms with van der Waals surface area (Å²) in [7, 11) is -2.44. The normalized spacial score (nSPS) is 18.0. The topological polar surface area (TPSA) is 117 Å². The number of halogens is 1. The Morgan fingerprint density at radius 2 is 1.69 bits per heavy atom. The molecule has 4 aromatic rings. The Bertz CT molecular complexity index is 1720. The van der Waals surface area contributed by atoms with Crippen LogP contribution in [-0.2, 0) is 19.6 Å². The van der Waals surface area contributed by atoms with Crippen molar-refractivity contribution in [1.29, 1.82) is 0 Å². The number of H-pyrrole nitrogens is 1. The fraction of sp³-hybridized carbons (Fsp3) is 0.312. The van der Waals surface area contributed by atoms with E-state index in [1.165, 1.54) is 19.2 Å². The smallest absolute Gasteiger partial charge is 0.337 e. The zero-order valence-electron chi connectivity index (χ0n) is 23.7. The van der Waals surface area contributed by atoms with Gasteiger partial charge in [0.05, 0.1) is 23.6 Å². The molecule has 0 unspecified atom stereocenters. The summed E-state index contributed by atoms with van der Waals surface area (Å²) in [5.74, 6) is -1.00. The van der Waals surface area contributed by atoms with Gasteiger partial charge in [-0.1, -0.05) is 24.3 Å². The number of hydrogen-bond acceptors (Lipinski definition) is 5. The van der Waals surface area contributed by atoms with Gasteiger partial charge in [-0.2, -0.15) is 0 Å². The maximum Gasteiger partial charge on any atom is 0.337 e. The van der Waals surface area contributed by atoms with Crippen molar-refractivity contribution < 1.29 is 27.1 Å². The van der Waals surface area contributed by atoms with Gasteiger partial charge in [-0.15, -0.1) is 0 Å². The Kier molecular flexibility index (Phi) is 8.47. The Balaban J connectivity index is 1.21. The van der Waals surface area contributed by atoms with Crippen LogP contribution in [0.4, 0.5) is 4.39 Å². The van der Waals surface area contributed by atoms with E-state index in [2.05, 4.69) is 15.0 Å². The average molecular weight is 592 g/mol. The Hall–Kier alpha value is -4.02. The Labute approximate surface area is 244 Å².